The second-order valence-electron chi connectivity index (χ2n) is 4.95. The van der Waals surface area contributed by atoms with E-state index in [9.17, 15) is 0 Å². The lowest BCUT2D eigenvalue weighted by Crippen LogP contribution is -2.27. The van der Waals surface area contributed by atoms with E-state index in [-0.39, 0.29) is 0 Å². The first-order chi connectivity index (χ1) is 9.18. The fourth-order valence-electron chi connectivity index (χ4n) is 1.76. The number of tetrazole rings is 1. The normalized spacial score (nSPS) is 11.6. The van der Waals surface area contributed by atoms with Crippen LogP contribution >= 0.6 is 0 Å². The molecule has 0 atom stereocenters. The highest BCUT2D eigenvalue weighted by Gasteiger charge is 2.04. The Morgan fingerprint density at radius 1 is 1.32 bits per heavy atom. The topological polar surface area (TPSA) is 71.2 Å². The molecule has 0 aliphatic heterocycles. The number of rotatable bonds is 7. The van der Waals surface area contributed by atoms with Gasteiger partial charge in [-0.3, -0.25) is 4.98 Å². The summed E-state index contributed by atoms with van der Waals surface area (Å²) in [5.74, 6) is 0.833. The molecule has 104 valence electrons. The van der Waals surface area contributed by atoms with Crippen molar-refractivity contribution < 1.29 is 0 Å². The smallest absolute Gasteiger partial charge is 0.199 e. The summed E-state index contributed by atoms with van der Waals surface area (Å²) < 4.78 is 1.66. The van der Waals surface area contributed by atoms with Crippen LogP contribution in [0.4, 0.5) is 5.82 Å². The van der Waals surface area contributed by atoms with Crippen LogP contribution in [0.2, 0.25) is 0 Å². The van der Waals surface area contributed by atoms with Gasteiger partial charge in [0.2, 0.25) is 0 Å². The van der Waals surface area contributed by atoms with Crippen LogP contribution in [-0.2, 0) is 0 Å². The van der Waals surface area contributed by atoms with Gasteiger partial charge in [0.1, 0.15) is 5.82 Å². The molecule has 0 saturated heterocycles. The van der Waals surface area contributed by atoms with E-state index in [2.05, 4.69) is 51.6 Å². The van der Waals surface area contributed by atoms with Gasteiger partial charge in [-0.25, -0.2) is 0 Å². The third-order valence-electron chi connectivity index (χ3n) is 3.23. The minimum Gasteiger partial charge on any atom is -0.369 e. The number of hydrogen-bond acceptors (Lipinski definition) is 6. The Morgan fingerprint density at radius 2 is 2.16 bits per heavy atom. The molecular formula is C12H21N7. The summed E-state index contributed by atoms with van der Waals surface area (Å²) in [6.45, 7) is 6.43. The van der Waals surface area contributed by atoms with Crippen LogP contribution in [0.1, 0.15) is 26.7 Å². The molecule has 2 heterocycles. The van der Waals surface area contributed by atoms with E-state index >= 15 is 0 Å². The zero-order valence-electron chi connectivity index (χ0n) is 11.7. The van der Waals surface area contributed by atoms with Crippen molar-refractivity contribution in [2.24, 2.45) is 0 Å². The molecule has 0 aliphatic rings. The molecule has 0 fully saturated rings. The van der Waals surface area contributed by atoms with E-state index in [1.54, 1.807) is 16.9 Å². The van der Waals surface area contributed by atoms with Crippen molar-refractivity contribution in [1.82, 2.24) is 29.9 Å². The van der Waals surface area contributed by atoms with Gasteiger partial charge in [-0.1, -0.05) is 0 Å². The van der Waals surface area contributed by atoms with E-state index < -0.39 is 0 Å². The van der Waals surface area contributed by atoms with Gasteiger partial charge in [-0.05, 0) is 50.7 Å². The average molecular weight is 263 g/mol. The third-order valence-corrected chi connectivity index (χ3v) is 3.23. The van der Waals surface area contributed by atoms with Crippen LogP contribution in [0.15, 0.2) is 12.4 Å². The Morgan fingerprint density at radius 3 is 2.95 bits per heavy atom. The maximum atomic E-state index is 4.10. The number of hydrogen-bond donors (Lipinski definition) is 1. The molecule has 2 aromatic rings. The van der Waals surface area contributed by atoms with Crippen molar-refractivity contribution in [2.75, 3.05) is 25.5 Å². The monoisotopic (exact) mass is 263 g/mol. The lowest BCUT2D eigenvalue weighted by atomic mass is 10.2. The number of nitrogens with zero attached hydrogens (tertiary/aromatic N) is 6. The predicted molar refractivity (Wildman–Crippen MR) is 74.1 cm³/mol. The highest BCUT2D eigenvalue weighted by Crippen LogP contribution is 2.06. The van der Waals surface area contributed by atoms with E-state index in [0.717, 1.165) is 25.3 Å². The molecule has 7 nitrogen and oxygen atoms in total. The summed E-state index contributed by atoms with van der Waals surface area (Å²) in [6.07, 6.45) is 5.66. The highest BCUT2D eigenvalue weighted by molar-refractivity contribution is 5.43. The van der Waals surface area contributed by atoms with Gasteiger partial charge >= 0.3 is 0 Å². The summed E-state index contributed by atoms with van der Waals surface area (Å²) in [6, 6.07) is 0.604. The zero-order chi connectivity index (χ0) is 13.7. The van der Waals surface area contributed by atoms with Crippen molar-refractivity contribution in [3.63, 3.8) is 0 Å². The molecule has 0 aromatic carbocycles. The number of unbranched alkanes of at least 4 members (excludes halogenated alkanes) is 1. The van der Waals surface area contributed by atoms with Gasteiger partial charge in [-0.2, -0.15) is 4.52 Å². The van der Waals surface area contributed by atoms with E-state index in [0.29, 0.717) is 11.7 Å². The van der Waals surface area contributed by atoms with E-state index in [4.69, 9.17) is 0 Å². The van der Waals surface area contributed by atoms with Crippen LogP contribution < -0.4 is 5.32 Å². The minimum atomic E-state index is 0.604. The van der Waals surface area contributed by atoms with Crippen LogP contribution in [-0.4, -0.2) is 56.1 Å². The fraction of sp³-hybridized carbons (Fsp3) is 0.667. The van der Waals surface area contributed by atoms with Gasteiger partial charge in [0.25, 0.3) is 0 Å². The standard InChI is InChI=1S/C12H21N7/c1-10(2)18(3)7-5-4-6-14-11-8-13-9-12-15-16-17-19(11)12/h8-10,14H,4-7H2,1-3H3. The van der Waals surface area contributed by atoms with Crippen LogP contribution in [0, 0.1) is 0 Å². The molecule has 0 unspecified atom stereocenters. The van der Waals surface area contributed by atoms with Crippen molar-refractivity contribution in [3.05, 3.63) is 12.4 Å². The number of aromatic nitrogens is 5. The molecule has 1 N–H and O–H groups in total. The van der Waals surface area contributed by atoms with Gasteiger partial charge < -0.3 is 10.2 Å². The molecule has 0 aliphatic carbocycles. The molecule has 0 radical (unpaired) electrons. The number of nitrogens with one attached hydrogen (secondary N) is 1. The van der Waals surface area contributed by atoms with Crippen molar-refractivity contribution in [1.29, 1.82) is 0 Å². The first-order valence-electron chi connectivity index (χ1n) is 6.64. The molecule has 0 bridgehead atoms. The first kappa shape index (κ1) is 13.7. The largest absolute Gasteiger partial charge is 0.369 e. The molecular weight excluding hydrogens is 242 g/mol. The number of fused-ring (bicyclic) bond motifs is 1. The Bertz CT molecular complexity index is 508. The Kier molecular flexibility index (Phi) is 4.62. The summed E-state index contributed by atoms with van der Waals surface area (Å²) in [7, 11) is 2.16. The van der Waals surface area contributed by atoms with Crippen molar-refractivity contribution in [3.8, 4) is 0 Å². The fourth-order valence-corrected chi connectivity index (χ4v) is 1.76. The zero-order valence-corrected chi connectivity index (χ0v) is 11.7. The van der Waals surface area contributed by atoms with Gasteiger partial charge in [0, 0.05) is 12.6 Å². The summed E-state index contributed by atoms with van der Waals surface area (Å²) in [5.41, 5.74) is 0.657. The SMILES string of the molecule is CC(C)N(C)CCCCNc1cncc2nnnn12. The maximum absolute atomic E-state index is 4.10. The second-order valence-corrected chi connectivity index (χ2v) is 4.95. The van der Waals surface area contributed by atoms with Crippen LogP contribution in [0.5, 0.6) is 0 Å². The number of anilines is 1. The molecule has 19 heavy (non-hydrogen) atoms. The van der Waals surface area contributed by atoms with Gasteiger partial charge in [-0.15, -0.1) is 5.10 Å². The Hall–Kier alpha value is -1.76. The quantitative estimate of drug-likeness (QED) is 0.753. The van der Waals surface area contributed by atoms with Crippen molar-refractivity contribution >= 4 is 11.5 Å². The third kappa shape index (κ3) is 3.60. The molecule has 0 saturated carbocycles. The lowest BCUT2D eigenvalue weighted by Gasteiger charge is -2.20. The molecule has 2 rings (SSSR count). The Labute approximate surface area is 113 Å². The molecule has 7 heteroatoms. The van der Waals surface area contributed by atoms with E-state index in [1.165, 1.54) is 6.42 Å². The highest BCUT2D eigenvalue weighted by atomic mass is 15.5. The average Bonchev–Trinajstić information content (AvgIpc) is 2.87. The Balaban J connectivity index is 1.76. The van der Waals surface area contributed by atoms with Crippen LogP contribution in [0.25, 0.3) is 5.65 Å². The predicted octanol–water partition coefficient (Wildman–Crippen LogP) is 1.05. The van der Waals surface area contributed by atoms with E-state index in [1.807, 2.05) is 0 Å². The van der Waals surface area contributed by atoms with Gasteiger partial charge in [0.05, 0.1) is 12.4 Å². The lowest BCUT2D eigenvalue weighted by molar-refractivity contribution is 0.269. The maximum Gasteiger partial charge on any atom is 0.199 e. The van der Waals surface area contributed by atoms with Crippen molar-refractivity contribution in [2.45, 2.75) is 32.7 Å². The molecule has 0 spiro atoms. The molecule has 2 aromatic heterocycles. The second kappa shape index (κ2) is 6.42. The minimum absolute atomic E-state index is 0.604. The first-order valence-corrected chi connectivity index (χ1v) is 6.64. The van der Waals surface area contributed by atoms with Gasteiger partial charge in [0.15, 0.2) is 5.65 Å². The summed E-state index contributed by atoms with van der Waals surface area (Å²) >= 11 is 0. The molecule has 0 amide bonds. The van der Waals surface area contributed by atoms with Crippen LogP contribution in [0.3, 0.4) is 0 Å². The summed E-state index contributed by atoms with van der Waals surface area (Å²) in [5, 5.41) is 14.7. The summed E-state index contributed by atoms with van der Waals surface area (Å²) in [4.78, 5) is 6.45.